The maximum absolute atomic E-state index is 15.0. The molecule has 2 heterocycles. The number of hydrogen-bond donors (Lipinski definition) is 0. The third kappa shape index (κ3) is 8.12. The predicted molar refractivity (Wildman–Crippen MR) is 188 cm³/mol. The Bertz CT molecular complexity index is 2160. The molecule has 6 rings (SSSR count). The van der Waals surface area contributed by atoms with E-state index in [1.54, 1.807) is 35.2 Å². The number of likely N-dealkylation sites (tertiary alicyclic amines) is 1. The molecule has 2 aliphatic rings. The third-order valence-electron chi connectivity index (χ3n) is 10.3. The molecular weight excluding hydrogens is 793 g/mol. The summed E-state index contributed by atoms with van der Waals surface area (Å²) in [6, 6.07) is 15.3. The van der Waals surface area contributed by atoms with Gasteiger partial charge in [-0.1, -0.05) is 60.7 Å². The summed E-state index contributed by atoms with van der Waals surface area (Å²) in [5.41, 5.74) is -7.51. The minimum atomic E-state index is -6.22. The Kier molecular flexibility index (Phi) is 11.8. The zero-order valence-electron chi connectivity index (χ0n) is 29.7. The van der Waals surface area contributed by atoms with Gasteiger partial charge in [0.05, 0.1) is 23.3 Å². The van der Waals surface area contributed by atoms with E-state index in [2.05, 4.69) is 4.74 Å². The summed E-state index contributed by atoms with van der Waals surface area (Å²) in [6.45, 7) is -1.32. The van der Waals surface area contributed by atoms with Crippen molar-refractivity contribution in [3.63, 3.8) is 0 Å². The number of ether oxygens (including phenoxy) is 1. The van der Waals surface area contributed by atoms with Gasteiger partial charge < -0.3 is 19.3 Å². The van der Waals surface area contributed by atoms with Crippen LogP contribution in [0, 0.1) is 17.5 Å². The number of carbonyl (C=O) groups excluding carboxylic acids is 2. The number of aldehydes is 1. The van der Waals surface area contributed by atoms with Gasteiger partial charge in [-0.2, -0.15) is 26.3 Å². The molecule has 0 radical (unpaired) electrons. The molecule has 2 saturated heterocycles. The van der Waals surface area contributed by atoms with E-state index in [-0.39, 0.29) is 42.2 Å². The molecule has 0 unspecified atom stereocenters. The van der Waals surface area contributed by atoms with Gasteiger partial charge in [0.2, 0.25) is 0 Å². The molecule has 2 aliphatic heterocycles. The summed E-state index contributed by atoms with van der Waals surface area (Å²) in [5, 5.41) is -1.51. The van der Waals surface area contributed by atoms with Crippen molar-refractivity contribution in [3.05, 3.63) is 125 Å². The zero-order chi connectivity index (χ0) is 41.3. The average Bonchev–Trinajstić information content (AvgIpc) is 3.63. The van der Waals surface area contributed by atoms with Crippen LogP contribution in [0.15, 0.2) is 95.9 Å². The molecule has 0 N–H and O–H groups in total. The lowest BCUT2D eigenvalue weighted by Crippen LogP contribution is -2.55. The number of carbonyl (C=O) groups is 2. The topological polar surface area (TPSA) is 87.2 Å². The van der Waals surface area contributed by atoms with Gasteiger partial charge in [-0.15, -0.1) is 0 Å². The fraction of sp³-hybridized carbons (Fsp3) is 0.333. The zero-order valence-corrected chi connectivity index (χ0v) is 30.6. The Morgan fingerprint density at radius 1 is 0.737 bits per heavy atom. The van der Waals surface area contributed by atoms with Crippen molar-refractivity contribution in [2.75, 3.05) is 45.8 Å². The Morgan fingerprint density at radius 2 is 1.35 bits per heavy atom. The van der Waals surface area contributed by atoms with Crippen molar-refractivity contribution in [3.8, 4) is 11.1 Å². The Balaban J connectivity index is 1.38. The fourth-order valence-corrected chi connectivity index (χ4v) is 9.18. The van der Waals surface area contributed by atoms with E-state index in [0.717, 1.165) is 36.4 Å². The fourth-order valence-electron chi connectivity index (χ4n) is 7.24. The highest BCUT2D eigenvalue weighted by atomic mass is 32.2. The van der Waals surface area contributed by atoms with Gasteiger partial charge >= 0.3 is 18.4 Å². The first kappa shape index (κ1) is 41.7. The quantitative estimate of drug-likeness (QED) is 0.0937. The smallest absolute Gasteiger partial charge is 0.349 e. The summed E-state index contributed by atoms with van der Waals surface area (Å²) < 4.78 is 165. The van der Waals surface area contributed by atoms with Gasteiger partial charge in [0.25, 0.3) is 5.60 Å². The number of rotatable bonds is 10. The van der Waals surface area contributed by atoms with Gasteiger partial charge in [-0.3, -0.25) is 4.90 Å². The van der Waals surface area contributed by atoms with Crippen LogP contribution in [-0.2, 0) is 31.6 Å². The molecule has 0 saturated carbocycles. The Labute approximate surface area is 321 Å². The maximum atomic E-state index is 15.0. The van der Waals surface area contributed by atoms with Crippen molar-refractivity contribution in [2.24, 2.45) is 0 Å². The minimum absolute atomic E-state index is 0.0531. The van der Waals surface area contributed by atoms with Gasteiger partial charge in [-0.25, -0.2) is 26.4 Å². The van der Waals surface area contributed by atoms with Crippen LogP contribution in [0.5, 0.6) is 0 Å². The monoisotopic (exact) mass is 827 g/mol. The van der Waals surface area contributed by atoms with Crippen molar-refractivity contribution in [1.29, 1.82) is 0 Å². The molecule has 0 aliphatic carbocycles. The highest BCUT2D eigenvalue weighted by Gasteiger charge is 2.73. The second kappa shape index (κ2) is 16.1. The molecule has 0 bridgehead atoms. The molecule has 304 valence electrons. The molecule has 2 amide bonds. The first-order chi connectivity index (χ1) is 26.9. The van der Waals surface area contributed by atoms with Crippen LogP contribution in [0.4, 0.5) is 44.3 Å². The van der Waals surface area contributed by atoms with Crippen LogP contribution in [0.3, 0.4) is 0 Å². The number of piperazine rings is 1. The number of urea groups is 1. The van der Waals surface area contributed by atoms with Crippen LogP contribution in [0.2, 0.25) is 0 Å². The number of hydrogen-bond acceptors (Lipinski definition) is 6. The van der Waals surface area contributed by atoms with Crippen LogP contribution in [-0.4, -0.2) is 98.9 Å². The van der Waals surface area contributed by atoms with Crippen LogP contribution in [0.1, 0.15) is 22.6 Å². The molecule has 18 heteroatoms. The van der Waals surface area contributed by atoms with Crippen LogP contribution in [0.25, 0.3) is 11.1 Å². The average molecular weight is 828 g/mol. The summed E-state index contributed by atoms with van der Waals surface area (Å²) >= 11 is 0. The molecule has 0 aromatic heterocycles. The summed E-state index contributed by atoms with van der Waals surface area (Å²) in [7, 11) is -4.51. The molecule has 8 nitrogen and oxygen atoms in total. The highest BCUT2D eigenvalue weighted by Crippen LogP contribution is 2.54. The van der Waals surface area contributed by atoms with Gasteiger partial charge in [0.1, 0.15) is 23.7 Å². The molecule has 2 fully saturated rings. The second-order valence-corrected chi connectivity index (χ2v) is 15.8. The first-order valence-electron chi connectivity index (χ1n) is 17.5. The standard InChI is InChI=1S/C39H34F9N3O5S/c40-32-7-4-8-33(41)31(32)24-56-37(38(43,44)45,39(46,47)48)27-11-9-26(10-12-27)30-22-51(36(53)50-17-15-49(16-18-50)19-20-52)23-35(30)57(54,55)28-13-14-34(42)29(21-28)25-5-2-1-3-6-25/h1-14,20-21,30,35H,15-19,22-24H2/t30-,35+/m0/s1. The lowest BCUT2D eigenvalue weighted by molar-refractivity contribution is -0.392. The lowest BCUT2D eigenvalue weighted by Gasteiger charge is -2.37. The number of alkyl halides is 6. The van der Waals surface area contributed by atoms with Crippen molar-refractivity contribution in [2.45, 2.75) is 40.6 Å². The maximum Gasteiger partial charge on any atom is 0.430 e. The summed E-state index contributed by atoms with van der Waals surface area (Å²) in [5.74, 6) is -4.82. The first-order valence-corrected chi connectivity index (χ1v) is 19.0. The molecule has 57 heavy (non-hydrogen) atoms. The van der Waals surface area contributed by atoms with Crippen molar-refractivity contribution < 1.29 is 62.3 Å². The van der Waals surface area contributed by atoms with Crippen LogP contribution >= 0.6 is 0 Å². The van der Waals surface area contributed by atoms with Gasteiger partial charge in [-0.05, 0) is 41.5 Å². The SMILES string of the molecule is O=CCN1CCN(C(=O)N2C[C@@H](S(=O)(=O)c3ccc(F)c(-c4ccccc4)c3)[C@H](c3ccc(C(OCc4c(F)cccc4F)(C(F)(F)F)C(F)(F)F)cc3)C2)CC1. The third-order valence-corrected chi connectivity index (χ3v) is 12.5. The normalized spacial score (nSPS) is 18.5. The molecule has 4 aromatic carbocycles. The number of nitrogens with zero attached hydrogens (tertiary/aromatic N) is 3. The minimum Gasteiger partial charge on any atom is -0.349 e. The van der Waals surface area contributed by atoms with E-state index < -0.39 is 86.7 Å². The van der Waals surface area contributed by atoms with E-state index in [1.165, 1.54) is 9.80 Å². The second-order valence-electron chi connectivity index (χ2n) is 13.6. The largest absolute Gasteiger partial charge is 0.430 e. The highest BCUT2D eigenvalue weighted by molar-refractivity contribution is 7.92. The van der Waals surface area contributed by atoms with E-state index in [4.69, 9.17) is 0 Å². The lowest BCUT2D eigenvalue weighted by atomic mass is 9.88. The van der Waals surface area contributed by atoms with E-state index in [9.17, 15) is 53.1 Å². The molecule has 4 aromatic rings. The summed E-state index contributed by atoms with van der Waals surface area (Å²) in [4.78, 5) is 28.9. The number of halogens is 9. The Hall–Kier alpha value is -4.94. The van der Waals surface area contributed by atoms with E-state index in [1.807, 2.05) is 0 Å². The van der Waals surface area contributed by atoms with Crippen LogP contribution < -0.4 is 0 Å². The summed E-state index contributed by atoms with van der Waals surface area (Å²) in [6.07, 6.45) is -11.7. The number of sulfone groups is 1. The van der Waals surface area contributed by atoms with E-state index in [0.29, 0.717) is 49.2 Å². The molecular formula is C39H34F9N3O5S. The van der Waals surface area contributed by atoms with E-state index >= 15 is 4.39 Å². The molecule has 0 spiro atoms. The van der Waals surface area contributed by atoms with Gasteiger partial charge in [0.15, 0.2) is 9.84 Å². The van der Waals surface area contributed by atoms with Crippen molar-refractivity contribution >= 4 is 22.2 Å². The number of amides is 2. The number of benzene rings is 4. The Morgan fingerprint density at radius 3 is 1.93 bits per heavy atom. The predicted octanol–water partition coefficient (Wildman–Crippen LogP) is 7.49. The van der Waals surface area contributed by atoms with Gasteiger partial charge in [0, 0.05) is 61.9 Å². The van der Waals surface area contributed by atoms with Crippen molar-refractivity contribution in [1.82, 2.24) is 14.7 Å². The molecule has 2 atom stereocenters.